The fourth-order valence-electron chi connectivity index (χ4n) is 3.42. The van der Waals surface area contributed by atoms with Crippen LogP contribution in [-0.4, -0.2) is 57.7 Å². The maximum atomic E-state index is 5.40. The van der Waals surface area contributed by atoms with Gasteiger partial charge in [-0.25, -0.2) is 0 Å². The number of halogens is 1. The molecule has 0 spiro atoms. The van der Waals surface area contributed by atoms with Crippen molar-refractivity contribution >= 4 is 29.9 Å². The highest BCUT2D eigenvalue weighted by Gasteiger charge is 2.18. The number of benzene rings is 1. The van der Waals surface area contributed by atoms with E-state index in [4.69, 9.17) is 4.74 Å². The fourth-order valence-corrected chi connectivity index (χ4v) is 3.42. The summed E-state index contributed by atoms with van der Waals surface area (Å²) in [5, 5.41) is 6.90. The molecular weight excluding hydrogens is 439 g/mol. The van der Waals surface area contributed by atoms with Gasteiger partial charge in [0.25, 0.3) is 0 Å². The number of hydrogen-bond donors (Lipinski definition) is 2. The van der Waals surface area contributed by atoms with Gasteiger partial charge in [0.1, 0.15) is 5.75 Å². The molecule has 26 heavy (non-hydrogen) atoms. The van der Waals surface area contributed by atoms with Gasteiger partial charge >= 0.3 is 0 Å². The molecule has 0 saturated carbocycles. The second-order valence-corrected chi connectivity index (χ2v) is 6.73. The van der Waals surface area contributed by atoms with Crippen LogP contribution in [0.4, 0.5) is 0 Å². The van der Waals surface area contributed by atoms with Gasteiger partial charge < -0.3 is 20.3 Å². The number of likely N-dealkylation sites (tertiary alicyclic amines) is 1. The van der Waals surface area contributed by atoms with Crippen LogP contribution in [0.25, 0.3) is 0 Å². The van der Waals surface area contributed by atoms with Crippen molar-refractivity contribution in [2.24, 2.45) is 10.9 Å². The molecule has 0 aliphatic carbocycles. The quantitative estimate of drug-likeness (QED) is 0.346. The monoisotopic (exact) mass is 474 g/mol. The molecule has 0 amide bonds. The number of rotatable bonds is 8. The number of methoxy groups -OCH3 is 1. The summed E-state index contributed by atoms with van der Waals surface area (Å²) in [6, 6.07) is 8.17. The fraction of sp³-hybridized carbons (Fsp3) is 0.650. The smallest absolute Gasteiger partial charge is 0.190 e. The second kappa shape index (κ2) is 13.2. The first-order valence-electron chi connectivity index (χ1n) is 9.55. The average Bonchev–Trinajstić information content (AvgIpc) is 2.66. The third-order valence-electron chi connectivity index (χ3n) is 4.91. The van der Waals surface area contributed by atoms with Crippen molar-refractivity contribution in [3.8, 4) is 5.75 Å². The van der Waals surface area contributed by atoms with E-state index in [9.17, 15) is 0 Å². The molecule has 148 valence electrons. The Morgan fingerprint density at radius 1 is 1.23 bits per heavy atom. The van der Waals surface area contributed by atoms with Crippen LogP contribution >= 0.6 is 24.0 Å². The van der Waals surface area contributed by atoms with E-state index in [1.54, 1.807) is 7.11 Å². The Balaban J connectivity index is 0.00000338. The first kappa shape index (κ1) is 23.0. The van der Waals surface area contributed by atoms with Gasteiger partial charge in [-0.15, -0.1) is 24.0 Å². The average molecular weight is 474 g/mol. The number of guanidine groups is 1. The number of piperidine rings is 1. The van der Waals surface area contributed by atoms with Crippen molar-refractivity contribution in [1.82, 2.24) is 15.5 Å². The van der Waals surface area contributed by atoms with Gasteiger partial charge in [-0.2, -0.15) is 0 Å². The lowest BCUT2D eigenvalue weighted by atomic mass is 9.97. The highest BCUT2D eigenvalue weighted by atomic mass is 127. The molecular formula is C20H35IN4O. The summed E-state index contributed by atoms with van der Waals surface area (Å²) in [6.45, 7) is 7.82. The summed E-state index contributed by atoms with van der Waals surface area (Å²) < 4.78 is 5.40. The highest BCUT2D eigenvalue weighted by molar-refractivity contribution is 14.0. The predicted molar refractivity (Wildman–Crippen MR) is 121 cm³/mol. The lowest BCUT2D eigenvalue weighted by molar-refractivity contribution is 0.185. The minimum Gasteiger partial charge on any atom is -0.496 e. The van der Waals surface area contributed by atoms with Crippen LogP contribution in [0.2, 0.25) is 0 Å². The number of nitrogens with zero attached hydrogens (tertiary/aromatic N) is 2. The maximum absolute atomic E-state index is 5.40. The van der Waals surface area contributed by atoms with E-state index in [2.05, 4.69) is 39.6 Å². The maximum Gasteiger partial charge on any atom is 0.190 e. The Kier molecular flexibility index (Phi) is 11.7. The first-order chi connectivity index (χ1) is 12.3. The molecule has 2 N–H and O–H groups in total. The van der Waals surface area contributed by atoms with Crippen LogP contribution in [0.5, 0.6) is 5.75 Å². The number of aliphatic imine (C=N–C) groups is 1. The van der Waals surface area contributed by atoms with E-state index in [-0.39, 0.29) is 24.0 Å². The first-order valence-corrected chi connectivity index (χ1v) is 9.55. The molecule has 1 aliphatic rings. The van der Waals surface area contributed by atoms with Gasteiger partial charge in [-0.3, -0.25) is 4.99 Å². The molecule has 0 bridgehead atoms. The number of hydrogen-bond acceptors (Lipinski definition) is 3. The Bertz CT molecular complexity index is 530. The molecule has 0 atom stereocenters. The molecule has 1 saturated heterocycles. The summed E-state index contributed by atoms with van der Waals surface area (Å²) in [4.78, 5) is 6.92. The van der Waals surface area contributed by atoms with Crippen LogP contribution in [0.15, 0.2) is 29.3 Å². The molecule has 0 radical (unpaired) electrons. The highest BCUT2D eigenvalue weighted by Crippen LogP contribution is 2.17. The van der Waals surface area contributed by atoms with Crippen LogP contribution in [0, 0.1) is 5.92 Å². The Morgan fingerprint density at radius 2 is 1.96 bits per heavy atom. The van der Waals surface area contributed by atoms with E-state index >= 15 is 0 Å². The molecule has 1 aromatic rings. The standard InChI is InChI=1S/C20H34N4O.HI/c1-4-13-24-14-10-17(11-15-24)16-23-20(21-2)22-12-9-18-7-5-6-8-19(18)25-3;/h5-8,17H,4,9-16H2,1-3H3,(H2,21,22,23);1H. The zero-order valence-electron chi connectivity index (χ0n) is 16.5. The number of para-hydroxylation sites is 1. The van der Waals surface area contributed by atoms with Crippen molar-refractivity contribution in [2.45, 2.75) is 32.6 Å². The Hall–Kier alpha value is -1.02. The van der Waals surface area contributed by atoms with Crippen LogP contribution < -0.4 is 15.4 Å². The van der Waals surface area contributed by atoms with E-state index in [0.717, 1.165) is 37.1 Å². The minimum absolute atomic E-state index is 0. The van der Waals surface area contributed by atoms with Gasteiger partial charge in [-0.1, -0.05) is 25.1 Å². The molecule has 5 nitrogen and oxygen atoms in total. The topological polar surface area (TPSA) is 48.9 Å². The molecule has 1 heterocycles. The van der Waals surface area contributed by atoms with E-state index in [0.29, 0.717) is 0 Å². The number of ether oxygens (including phenoxy) is 1. The van der Waals surface area contributed by atoms with Crippen LogP contribution in [-0.2, 0) is 6.42 Å². The Morgan fingerprint density at radius 3 is 2.62 bits per heavy atom. The van der Waals surface area contributed by atoms with Crippen molar-refractivity contribution in [3.05, 3.63) is 29.8 Å². The van der Waals surface area contributed by atoms with Crippen molar-refractivity contribution in [2.75, 3.05) is 46.9 Å². The molecule has 1 aliphatic heterocycles. The summed E-state index contributed by atoms with van der Waals surface area (Å²) in [5.74, 6) is 2.60. The van der Waals surface area contributed by atoms with Crippen molar-refractivity contribution < 1.29 is 4.74 Å². The summed E-state index contributed by atoms with van der Waals surface area (Å²) in [7, 11) is 3.56. The van der Waals surface area contributed by atoms with E-state index < -0.39 is 0 Å². The van der Waals surface area contributed by atoms with Gasteiger partial charge in [0, 0.05) is 20.1 Å². The molecule has 2 rings (SSSR count). The largest absolute Gasteiger partial charge is 0.496 e. The minimum atomic E-state index is 0. The molecule has 1 aromatic carbocycles. The van der Waals surface area contributed by atoms with E-state index in [1.165, 1.54) is 44.5 Å². The molecule has 0 unspecified atom stereocenters. The van der Waals surface area contributed by atoms with Gasteiger partial charge in [0.05, 0.1) is 7.11 Å². The third-order valence-corrected chi connectivity index (χ3v) is 4.91. The molecule has 1 fully saturated rings. The normalized spacial score (nSPS) is 16.0. The van der Waals surface area contributed by atoms with Crippen LogP contribution in [0.3, 0.4) is 0 Å². The van der Waals surface area contributed by atoms with Gasteiger partial charge in [-0.05, 0) is 62.9 Å². The van der Waals surface area contributed by atoms with Crippen molar-refractivity contribution in [1.29, 1.82) is 0 Å². The van der Waals surface area contributed by atoms with E-state index in [1.807, 2.05) is 19.2 Å². The molecule has 0 aromatic heterocycles. The zero-order chi connectivity index (χ0) is 17.9. The zero-order valence-corrected chi connectivity index (χ0v) is 18.8. The third kappa shape index (κ3) is 7.70. The van der Waals surface area contributed by atoms with Crippen LogP contribution in [0.1, 0.15) is 31.7 Å². The molecule has 6 heteroatoms. The second-order valence-electron chi connectivity index (χ2n) is 6.73. The van der Waals surface area contributed by atoms with Gasteiger partial charge in [0.15, 0.2) is 5.96 Å². The SMILES string of the molecule is CCCN1CCC(CNC(=NC)NCCc2ccccc2OC)CC1.I. The number of nitrogens with one attached hydrogen (secondary N) is 2. The van der Waals surface area contributed by atoms with Gasteiger partial charge in [0.2, 0.25) is 0 Å². The summed E-state index contributed by atoms with van der Waals surface area (Å²) >= 11 is 0. The summed E-state index contributed by atoms with van der Waals surface area (Å²) in [6.07, 6.45) is 4.74. The lowest BCUT2D eigenvalue weighted by Gasteiger charge is -2.32. The summed E-state index contributed by atoms with van der Waals surface area (Å²) in [5.41, 5.74) is 1.22. The Labute approximate surface area is 176 Å². The predicted octanol–water partition coefficient (Wildman–Crippen LogP) is 3.14. The van der Waals surface area contributed by atoms with Crippen molar-refractivity contribution in [3.63, 3.8) is 0 Å². The lowest BCUT2D eigenvalue weighted by Crippen LogP contribution is -2.43.